The maximum absolute atomic E-state index is 11.7. The second kappa shape index (κ2) is 6.95. The molecule has 94 valence electrons. The van der Waals surface area contributed by atoms with Crippen LogP contribution in [0, 0.1) is 0 Å². The van der Waals surface area contributed by atoms with Crippen molar-refractivity contribution in [1.29, 1.82) is 0 Å². The highest BCUT2D eigenvalue weighted by Crippen LogP contribution is 2.12. The number of ether oxygens (including phenoxy) is 1. The fourth-order valence-corrected chi connectivity index (χ4v) is 1.87. The molecule has 1 aromatic heterocycles. The molecule has 1 aromatic rings. The van der Waals surface area contributed by atoms with Crippen LogP contribution in [0.2, 0.25) is 0 Å². The van der Waals surface area contributed by atoms with Crippen molar-refractivity contribution in [2.75, 3.05) is 13.7 Å². The lowest BCUT2D eigenvalue weighted by molar-refractivity contribution is -0.140. The topological polar surface area (TPSA) is 81.2 Å². The van der Waals surface area contributed by atoms with Crippen LogP contribution in [-0.2, 0) is 16.0 Å². The molecular formula is C10H15N3O3S. The summed E-state index contributed by atoms with van der Waals surface area (Å²) < 4.78 is 8.23. The zero-order valence-electron chi connectivity index (χ0n) is 9.86. The van der Waals surface area contributed by atoms with E-state index in [0.29, 0.717) is 10.6 Å². The van der Waals surface area contributed by atoms with E-state index in [9.17, 15) is 9.59 Å². The van der Waals surface area contributed by atoms with Crippen LogP contribution >= 0.6 is 11.5 Å². The molecule has 0 bridgehead atoms. The maximum Gasteiger partial charge on any atom is 0.307 e. The number of nitrogens with zero attached hydrogens (tertiary/aromatic N) is 2. The molecule has 0 fully saturated rings. The van der Waals surface area contributed by atoms with Crippen molar-refractivity contribution in [2.45, 2.75) is 26.2 Å². The Hall–Kier alpha value is -1.50. The quantitative estimate of drug-likeness (QED) is 0.762. The Morgan fingerprint density at radius 2 is 2.24 bits per heavy atom. The predicted molar refractivity (Wildman–Crippen MR) is 62.9 cm³/mol. The van der Waals surface area contributed by atoms with Crippen LogP contribution in [-0.4, -0.2) is 35.1 Å². The lowest BCUT2D eigenvalue weighted by atomic mass is 10.2. The fraction of sp³-hybridized carbons (Fsp3) is 0.600. The molecule has 17 heavy (non-hydrogen) atoms. The second-order valence-electron chi connectivity index (χ2n) is 3.38. The second-order valence-corrected chi connectivity index (χ2v) is 4.13. The normalized spacial score (nSPS) is 10.0. The van der Waals surface area contributed by atoms with Crippen LogP contribution in [0.25, 0.3) is 0 Å². The number of aryl methyl sites for hydroxylation is 1. The summed E-state index contributed by atoms with van der Waals surface area (Å²) in [6.07, 6.45) is 1.81. The first kappa shape index (κ1) is 13.6. The molecule has 0 radical (unpaired) electrons. The van der Waals surface area contributed by atoms with Gasteiger partial charge in [-0.15, -0.1) is 5.10 Å². The van der Waals surface area contributed by atoms with Gasteiger partial charge in [-0.05, 0) is 18.0 Å². The zero-order valence-corrected chi connectivity index (χ0v) is 10.7. The summed E-state index contributed by atoms with van der Waals surface area (Å²) in [6.45, 7) is 2.27. The number of rotatable bonds is 6. The lowest BCUT2D eigenvalue weighted by Crippen LogP contribution is -2.26. The van der Waals surface area contributed by atoms with Crippen LogP contribution in [0.15, 0.2) is 0 Å². The fourth-order valence-electron chi connectivity index (χ4n) is 1.24. The van der Waals surface area contributed by atoms with Crippen molar-refractivity contribution in [3.8, 4) is 0 Å². The Labute approximate surface area is 104 Å². The van der Waals surface area contributed by atoms with E-state index in [0.717, 1.165) is 24.4 Å². The van der Waals surface area contributed by atoms with E-state index in [2.05, 4.69) is 19.6 Å². The van der Waals surface area contributed by atoms with Gasteiger partial charge in [-0.2, -0.15) is 0 Å². The van der Waals surface area contributed by atoms with E-state index >= 15 is 0 Å². The summed E-state index contributed by atoms with van der Waals surface area (Å²) in [4.78, 5) is 23.1. The average Bonchev–Trinajstić information content (AvgIpc) is 2.77. The summed E-state index contributed by atoms with van der Waals surface area (Å²) >= 11 is 1.07. The van der Waals surface area contributed by atoms with Gasteiger partial charge in [0.2, 0.25) is 0 Å². The Balaban J connectivity index is 2.46. The number of aromatic nitrogens is 2. The molecule has 0 aromatic carbocycles. The highest BCUT2D eigenvalue weighted by atomic mass is 32.1. The highest BCUT2D eigenvalue weighted by molar-refractivity contribution is 7.08. The van der Waals surface area contributed by atoms with Gasteiger partial charge in [0.1, 0.15) is 4.88 Å². The lowest BCUT2D eigenvalue weighted by Gasteiger charge is -2.03. The van der Waals surface area contributed by atoms with Crippen molar-refractivity contribution in [3.63, 3.8) is 0 Å². The van der Waals surface area contributed by atoms with Crippen LogP contribution in [0.4, 0.5) is 0 Å². The highest BCUT2D eigenvalue weighted by Gasteiger charge is 2.15. The molecule has 1 amide bonds. The Bertz CT molecular complexity index is 392. The summed E-state index contributed by atoms with van der Waals surface area (Å²) in [5.74, 6) is -0.575. The average molecular weight is 257 g/mol. The first-order valence-electron chi connectivity index (χ1n) is 5.35. The van der Waals surface area contributed by atoms with Crippen molar-refractivity contribution < 1.29 is 14.3 Å². The predicted octanol–water partition coefficient (Wildman–Crippen LogP) is 0.783. The molecule has 0 aliphatic rings. The molecule has 0 saturated carbocycles. The van der Waals surface area contributed by atoms with Gasteiger partial charge >= 0.3 is 5.97 Å². The van der Waals surface area contributed by atoms with Crippen LogP contribution in [0.3, 0.4) is 0 Å². The molecule has 0 aliphatic heterocycles. The molecule has 1 N–H and O–H groups in total. The van der Waals surface area contributed by atoms with Crippen molar-refractivity contribution in [1.82, 2.24) is 14.9 Å². The number of methoxy groups -OCH3 is 1. The van der Waals surface area contributed by atoms with E-state index in [1.54, 1.807) is 0 Å². The molecular weight excluding hydrogens is 242 g/mol. The number of hydrogen-bond acceptors (Lipinski definition) is 6. The molecule has 1 rings (SSSR count). The minimum atomic E-state index is -0.346. The number of carbonyl (C=O) groups is 2. The summed E-state index contributed by atoms with van der Waals surface area (Å²) in [6, 6.07) is 0. The molecule has 0 saturated heterocycles. The van der Waals surface area contributed by atoms with Gasteiger partial charge in [-0.3, -0.25) is 9.59 Å². The third-order valence-corrected chi connectivity index (χ3v) is 2.86. The number of esters is 1. The van der Waals surface area contributed by atoms with E-state index in [4.69, 9.17) is 0 Å². The summed E-state index contributed by atoms with van der Waals surface area (Å²) in [5.41, 5.74) is 0.716. The van der Waals surface area contributed by atoms with Gasteiger partial charge in [0.05, 0.1) is 19.2 Å². The largest absolute Gasteiger partial charge is 0.469 e. The van der Waals surface area contributed by atoms with Gasteiger partial charge in [0, 0.05) is 6.54 Å². The minimum absolute atomic E-state index is 0.164. The minimum Gasteiger partial charge on any atom is -0.469 e. The number of hydrogen-bond donors (Lipinski definition) is 1. The molecule has 0 aliphatic carbocycles. The number of carbonyl (C=O) groups excluding carboxylic acids is 2. The third kappa shape index (κ3) is 4.10. The smallest absolute Gasteiger partial charge is 0.307 e. The van der Waals surface area contributed by atoms with E-state index in [-0.39, 0.29) is 24.8 Å². The maximum atomic E-state index is 11.7. The van der Waals surface area contributed by atoms with Gasteiger partial charge in [-0.1, -0.05) is 17.8 Å². The van der Waals surface area contributed by atoms with Gasteiger partial charge in [0.25, 0.3) is 5.91 Å². The van der Waals surface area contributed by atoms with Gasteiger partial charge in [0.15, 0.2) is 0 Å². The molecule has 0 unspecified atom stereocenters. The molecule has 0 atom stereocenters. The van der Waals surface area contributed by atoms with Crippen LogP contribution in [0.5, 0.6) is 0 Å². The standard InChI is InChI=1S/C10H15N3O3S/c1-3-4-7-9(17-13-12-7)10(15)11-6-5-8(14)16-2/h3-6H2,1-2H3,(H,11,15). The monoisotopic (exact) mass is 257 g/mol. The van der Waals surface area contributed by atoms with E-state index in [1.165, 1.54) is 7.11 Å². The Morgan fingerprint density at radius 3 is 2.88 bits per heavy atom. The molecule has 1 heterocycles. The summed E-state index contributed by atoms with van der Waals surface area (Å²) in [5, 5.41) is 6.54. The third-order valence-electron chi connectivity index (χ3n) is 2.09. The van der Waals surface area contributed by atoms with Crippen molar-refractivity contribution in [3.05, 3.63) is 10.6 Å². The van der Waals surface area contributed by atoms with Crippen LogP contribution < -0.4 is 5.32 Å². The Kier molecular flexibility index (Phi) is 5.55. The molecule has 0 spiro atoms. The first-order valence-corrected chi connectivity index (χ1v) is 6.12. The first-order chi connectivity index (χ1) is 8.19. The van der Waals surface area contributed by atoms with Crippen molar-refractivity contribution in [2.24, 2.45) is 0 Å². The summed E-state index contributed by atoms with van der Waals surface area (Å²) in [7, 11) is 1.32. The Morgan fingerprint density at radius 1 is 1.47 bits per heavy atom. The number of nitrogens with one attached hydrogen (secondary N) is 1. The number of amides is 1. The van der Waals surface area contributed by atoms with Gasteiger partial charge < -0.3 is 10.1 Å². The van der Waals surface area contributed by atoms with Crippen LogP contribution in [0.1, 0.15) is 35.1 Å². The zero-order chi connectivity index (χ0) is 12.7. The van der Waals surface area contributed by atoms with E-state index < -0.39 is 0 Å². The SMILES string of the molecule is CCCc1nnsc1C(=O)NCCC(=O)OC. The van der Waals surface area contributed by atoms with Gasteiger partial charge in [-0.25, -0.2) is 0 Å². The molecule has 7 heteroatoms. The molecule has 6 nitrogen and oxygen atoms in total. The van der Waals surface area contributed by atoms with Crippen molar-refractivity contribution >= 4 is 23.4 Å². The van der Waals surface area contributed by atoms with E-state index in [1.807, 2.05) is 6.92 Å².